The SMILES string of the molecule is Cc1ccc(SCCC(=O)Nc2ccccc2C#N)nc1. The summed E-state index contributed by atoms with van der Waals surface area (Å²) < 4.78 is 0. The molecule has 0 aliphatic carbocycles. The normalized spacial score (nSPS) is 9.90. The van der Waals surface area contributed by atoms with Crippen LogP contribution in [0.1, 0.15) is 17.5 Å². The van der Waals surface area contributed by atoms with E-state index in [2.05, 4.69) is 16.4 Å². The molecule has 1 heterocycles. The van der Waals surface area contributed by atoms with Crippen LogP contribution in [-0.4, -0.2) is 16.6 Å². The largest absolute Gasteiger partial charge is 0.325 e. The van der Waals surface area contributed by atoms with Gasteiger partial charge in [-0.15, -0.1) is 11.8 Å². The second-order valence-electron chi connectivity index (χ2n) is 4.48. The lowest BCUT2D eigenvalue weighted by atomic mass is 10.2. The van der Waals surface area contributed by atoms with Gasteiger partial charge in [-0.25, -0.2) is 4.98 Å². The van der Waals surface area contributed by atoms with E-state index in [1.807, 2.05) is 25.3 Å². The number of aryl methyl sites for hydroxylation is 1. The zero-order valence-corrected chi connectivity index (χ0v) is 12.5. The van der Waals surface area contributed by atoms with E-state index in [0.29, 0.717) is 23.4 Å². The van der Waals surface area contributed by atoms with Gasteiger partial charge in [-0.1, -0.05) is 18.2 Å². The first-order valence-electron chi connectivity index (χ1n) is 6.53. The van der Waals surface area contributed by atoms with E-state index in [-0.39, 0.29) is 5.91 Å². The molecule has 1 amide bonds. The van der Waals surface area contributed by atoms with Gasteiger partial charge < -0.3 is 5.32 Å². The second-order valence-corrected chi connectivity index (χ2v) is 5.59. The Kier molecular flexibility index (Phi) is 5.35. The highest BCUT2D eigenvalue weighted by Crippen LogP contribution is 2.17. The van der Waals surface area contributed by atoms with Crippen molar-refractivity contribution < 1.29 is 4.79 Å². The molecular formula is C16H15N3OS. The molecule has 1 aromatic carbocycles. The second kappa shape index (κ2) is 7.46. The summed E-state index contributed by atoms with van der Waals surface area (Å²) in [5, 5.41) is 12.6. The van der Waals surface area contributed by atoms with Gasteiger partial charge in [0, 0.05) is 18.4 Å². The third-order valence-corrected chi connectivity index (χ3v) is 3.73. The number of amides is 1. The zero-order chi connectivity index (χ0) is 15.1. The standard InChI is InChI=1S/C16H15N3OS/c1-12-6-7-16(18-11-12)21-9-8-15(20)19-14-5-3-2-4-13(14)10-17/h2-7,11H,8-9H2,1H3,(H,19,20). The van der Waals surface area contributed by atoms with Gasteiger partial charge in [0.25, 0.3) is 0 Å². The van der Waals surface area contributed by atoms with Crippen molar-refractivity contribution in [2.24, 2.45) is 0 Å². The zero-order valence-electron chi connectivity index (χ0n) is 11.7. The first-order chi connectivity index (χ1) is 10.2. The fourth-order valence-electron chi connectivity index (χ4n) is 1.69. The number of pyridine rings is 1. The molecule has 0 aliphatic heterocycles. The van der Waals surface area contributed by atoms with Crippen LogP contribution in [0.5, 0.6) is 0 Å². The van der Waals surface area contributed by atoms with Crippen LogP contribution in [0.2, 0.25) is 0 Å². The summed E-state index contributed by atoms with van der Waals surface area (Å²) in [4.78, 5) is 16.1. The van der Waals surface area contributed by atoms with Crippen LogP contribution in [0.3, 0.4) is 0 Å². The van der Waals surface area contributed by atoms with E-state index in [9.17, 15) is 4.79 Å². The number of para-hydroxylation sites is 1. The summed E-state index contributed by atoms with van der Waals surface area (Å²) in [5.74, 6) is 0.550. The molecular weight excluding hydrogens is 282 g/mol. The lowest BCUT2D eigenvalue weighted by molar-refractivity contribution is -0.115. The summed E-state index contributed by atoms with van der Waals surface area (Å²) in [5.41, 5.74) is 2.15. The highest BCUT2D eigenvalue weighted by Gasteiger charge is 2.06. The van der Waals surface area contributed by atoms with Crippen LogP contribution in [0.25, 0.3) is 0 Å². The molecule has 0 aliphatic rings. The van der Waals surface area contributed by atoms with E-state index in [4.69, 9.17) is 5.26 Å². The van der Waals surface area contributed by atoms with E-state index in [0.717, 1.165) is 10.6 Å². The van der Waals surface area contributed by atoms with Gasteiger partial charge in [-0.3, -0.25) is 4.79 Å². The van der Waals surface area contributed by atoms with Crippen molar-refractivity contribution in [2.45, 2.75) is 18.4 Å². The van der Waals surface area contributed by atoms with E-state index >= 15 is 0 Å². The number of carbonyl (C=O) groups is 1. The van der Waals surface area contributed by atoms with Crippen LogP contribution in [0.15, 0.2) is 47.6 Å². The van der Waals surface area contributed by atoms with Gasteiger partial charge in [0.05, 0.1) is 16.3 Å². The highest BCUT2D eigenvalue weighted by molar-refractivity contribution is 7.99. The Bertz CT molecular complexity index is 662. The molecule has 0 unspecified atom stereocenters. The van der Waals surface area contributed by atoms with Crippen LogP contribution in [-0.2, 0) is 4.79 Å². The Morgan fingerprint density at radius 1 is 1.33 bits per heavy atom. The van der Waals surface area contributed by atoms with Gasteiger partial charge in [-0.05, 0) is 30.7 Å². The van der Waals surface area contributed by atoms with E-state index in [1.54, 1.807) is 36.0 Å². The molecule has 0 fully saturated rings. The maximum Gasteiger partial charge on any atom is 0.225 e. The predicted molar refractivity (Wildman–Crippen MR) is 84.1 cm³/mol. The maximum atomic E-state index is 11.9. The quantitative estimate of drug-likeness (QED) is 0.859. The third kappa shape index (κ3) is 4.62. The summed E-state index contributed by atoms with van der Waals surface area (Å²) in [6.45, 7) is 1.99. The summed E-state index contributed by atoms with van der Waals surface area (Å²) in [6, 6.07) is 13.0. The van der Waals surface area contributed by atoms with Gasteiger partial charge in [-0.2, -0.15) is 5.26 Å². The average Bonchev–Trinajstić information content (AvgIpc) is 2.50. The number of hydrogen-bond donors (Lipinski definition) is 1. The number of nitrogens with one attached hydrogen (secondary N) is 1. The number of anilines is 1. The van der Waals surface area contributed by atoms with Crippen LogP contribution in [0.4, 0.5) is 5.69 Å². The average molecular weight is 297 g/mol. The summed E-state index contributed by atoms with van der Waals surface area (Å²) in [6.07, 6.45) is 2.19. The van der Waals surface area contributed by atoms with Crippen molar-refractivity contribution in [3.05, 3.63) is 53.7 Å². The minimum atomic E-state index is -0.0997. The number of carbonyl (C=O) groups excluding carboxylic acids is 1. The number of nitrogens with zero attached hydrogens (tertiary/aromatic N) is 2. The van der Waals surface area contributed by atoms with Crippen LogP contribution in [0, 0.1) is 18.3 Å². The monoisotopic (exact) mass is 297 g/mol. The molecule has 1 N–H and O–H groups in total. The Labute approximate surface area is 128 Å². The Morgan fingerprint density at radius 3 is 2.86 bits per heavy atom. The van der Waals surface area contributed by atoms with Gasteiger partial charge in [0.2, 0.25) is 5.91 Å². The number of aromatic nitrogens is 1. The van der Waals surface area contributed by atoms with Crippen molar-refractivity contribution in [1.82, 2.24) is 4.98 Å². The van der Waals surface area contributed by atoms with Crippen molar-refractivity contribution >= 4 is 23.4 Å². The van der Waals surface area contributed by atoms with Gasteiger partial charge in [0.15, 0.2) is 0 Å². The molecule has 106 valence electrons. The third-order valence-electron chi connectivity index (χ3n) is 2.78. The minimum Gasteiger partial charge on any atom is -0.325 e. The summed E-state index contributed by atoms with van der Waals surface area (Å²) >= 11 is 1.54. The molecule has 5 heteroatoms. The Hall–Kier alpha value is -2.32. The minimum absolute atomic E-state index is 0.0997. The molecule has 0 atom stereocenters. The number of thioether (sulfide) groups is 1. The van der Waals surface area contributed by atoms with Crippen molar-refractivity contribution in [3.63, 3.8) is 0 Å². The molecule has 0 saturated carbocycles. The lowest BCUT2D eigenvalue weighted by Gasteiger charge is -2.06. The molecule has 0 radical (unpaired) electrons. The Morgan fingerprint density at radius 2 is 2.14 bits per heavy atom. The molecule has 2 rings (SSSR count). The molecule has 0 saturated heterocycles. The molecule has 0 spiro atoms. The number of rotatable bonds is 5. The number of benzene rings is 1. The number of hydrogen-bond acceptors (Lipinski definition) is 4. The summed E-state index contributed by atoms with van der Waals surface area (Å²) in [7, 11) is 0. The lowest BCUT2D eigenvalue weighted by Crippen LogP contribution is -2.13. The first-order valence-corrected chi connectivity index (χ1v) is 7.52. The van der Waals surface area contributed by atoms with Gasteiger partial charge >= 0.3 is 0 Å². The van der Waals surface area contributed by atoms with E-state index < -0.39 is 0 Å². The smallest absolute Gasteiger partial charge is 0.225 e. The fourth-order valence-corrected chi connectivity index (χ4v) is 2.48. The van der Waals surface area contributed by atoms with Crippen molar-refractivity contribution in [3.8, 4) is 6.07 Å². The van der Waals surface area contributed by atoms with Crippen molar-refractivity contribution in [2.75, 3.05) is 11.1 Å². The van der Waals surface area contributed by atoms with Crippen LogP contribution >= 0.6 is 11.8 Å². The predicted octanol–water partition coefficient (Wildman–Crippen LogP) is 3.38. The molecule has 0 bridgehead atoms. The molecule has 1 aromatic heterocycles. The Balaban J connectivity index is 1.82. The topological polar surface area (TPSA) is 65.8 Å². The molecule has 21 heavy (non-hydrogen) atoms. The van der Waals surface area contributed by atoms with Gasteiger partial charge in [0.1, 0.15) is 6.07 Å². The fraction of sp³-hybridized carbons (Fsp3) is 0.188. The van der Waals surface area contributed by atoms with Crippen molar-refractivity contribution in [1.29, 1.82) is 5.26 Å². The maximum absolute atomic E-state index is 11.9. The molecule has 2 aromatic rings. The first kappa shape index (κ1) is 15.1. The van der Waals surface area contributed by atoms with E-state index in [1.165, 1.54) is 0 Å². The number of nitriles is 1. The highest BCUT2D eigenvalue weighted by atomic mass is 32.2. The molecule has 4 nitrogen and oxygen atoms in total. The van der Waals surface area contributed by atoms with Crippen LogP contribution < -0.4 is 5.32 Å².